The Bertz CT molecular complexity index is 1270. The van der Waals surface area contributed by atoms with Crippen molar-refractivity contribution in [2.75, 3.05) is 26.7 Å². The first-order chi connectivity index (χ1) is 20.4. The number of nitrogens with one attached hydrogen (secondary N) is 3. The van der Waals surface area contributed by atoms with Crippen LogP contribution in [0.1, 0.15) is 75.7 Å². The molecule has 0 spiro atoms. The molecule has 0 unspecified atom stereocenters. The molecular weight excluding hydrogens is 562 g/mol. The van der Waals surface area contributed by atoms with Crippen molar-refractivity contribution in [1.29, 1.82) is 5.41 Å². The largest absolute Gasteiger partial charge is 0.488 e. The first kappa shape index (κ1) is 33.8. The number of amidine groups is 1. The number of hydrogen-bond acceptors (Lipinski definition) is 8. The molecule has 0 saturated carbocycles. The summed E-state index contributed by atoms with van der Waals surface area (Å²) in [4.78, 5) is 31.6. The van der Waals surface area contributed by atoms with Gasteiger partial charge in [-0.25, -0.2) is 4.98 Å². The highest BCUT2D eigenvalue weighted by atomic mass is 28.4. The molecule has 3 rings (SSSR count). The molecule has 10 nitrogen and oxygen atoms in total. The summed E-state index contributed by atoms with van der Waals surface area (Å²) in [6.07, 6.45) is 5.20. The zero-order valence-corrected chi connectivity index (χ0v) is 27.7. The van der Waals surface area contributed by atoms with Gasteiger partial charge in [0.25, 0.3) is 11.8 Å². The van der Waals surface area contributed by atoms with E-state index in [1.54, 1.807) is 48.5 Å². The topological polar surface area (TPSA) is 126 Å². The standard InChI is InChI=1S/C32H47N5O5Si/c1-21(2)43(22(3)4,23(5)6)40-20-24(7)41-27-16-25(31(38)36-30(33)12-13-34-8)17-28(18-27)42-26-10-11-29(35-19-26)32(39)37-14-9-15-37/h10-13,16-19,21-24,34H,9,14-15,20H2,1-8H3,(H2,33,36,38)/b13-12-/t24-/m0/s1. The first-order valence-corrected chi connectivity index (χ1v) is 17.1. The molecule has 11 heteroatoms. The Kier molecular flexibility index (Phi) is 11.9. The Morgan fingerprint density at radius 2 is 1.65 bits per heavy atom. The van der Waals surface area contributed by atoms with Crippen LogP contribution in [-0.4, -0.2) is 68.7 Å². The fraction of sp³-hybridized carbons (Fsp3) is 0.500. The third-order valence-electron chi connectivity index (χ3n) is 7.75. The molecule has 2 amide bonds. The number of carbonyl (C=O) groups is 2. The molecule has 0 aliphatic carbocycles. The molecule has 1 aliphatic rings. The highest BCUT2D eigenvalue weighted by molar-refractivity contribution is 6.77. The van der Waals surface area contributed by atoms with Crippen LogP contribution in [0.2, 0.25) is 16.6 Å². The van der Waals surface area contributed by atoms with Crippen molar-refractivity contribution in [2.24, 2.45) is 0 Å². The van der Waals surface area contributed by atoms with Crippen molar-refractivity contribution in [1.82, 2.24) is 20.5 Å². The second-order valence-electron chi connectivity index (χ2n) is 11.9. The average molecular weight is 610 g/mol. The van der Waals surface area contributed by atoms with Crippen molar-refractivity contribution in [3.8, 4) is 17.2 Å². The molecular formula is C32H47N5O5Si. The monoisotopic (exact) mass is 609 g/mol. The molecule has 2 heterocycles. The second kappa shape index (κ2) is 15.2. The summed E-state index contributed by atoms with van der Waals surface area (Å²) in [5.74, 6) is 0.540. The van der Waals surface area contributed by atoms with E-state index in [4.69, 9.17) is 19.3 Å². The second-order valence-corrected chi connectivity index (χ2v) is 17.3. The number of amides is 2. The Labute approximate surface area is 256 Å². The van der Waals surface area contributed by atoms with E-state index in [9.17, 15) is 9.59 Å². The predicted molar refractivity (Wildman–Crippen MR) is 172 cm³/mol. The van der Waals surface area contributed by atoms with Crippen LogP contribution in [0.25, 0.3) is 0 Å². The first-order valence-electron chi connectivity index (χ1n) is 15.0. The van der Waals surface area contributed by atoms with Crippen LogP contribution >= 0.6 is 0 Å². The summed E-state index contributed by atoms with van der Waals surface area (Å²) in [5, 5.41) is 13.4. The molecule has 2 aromatic rings. The molecule has 1 aromatic heterocycles. The van der Waals surface area contributed by atoms with E-state index in [0.717, 1.165) is 19.5 Å². The highest BCUT2D eigenvalue weighted by Gasteiger charge is 2.45. The maximum Gasteiger partial charge on any atom is 0.272 e. The maximum absolute atomic E-state index is 13.1. The quantitative estimate of drug-likeness (QED) is 0.134. The number of rotatable bonds is 14. The van der Waals surface area contributed by atoms with Gasteiger partial charge in [0.05, 0.1) is 12.8 Å². The Hall–Kier alpha value is -3.70. The minimum absolute atomic E-state index is 0.0704. The van der Waals surface area contributed by atoms with Crippen molar-refractivity contribution in [3.05, 3.63) is 60.1 Å². The van der Waals surface area contributed by atoms with Crippen LogP contribution in [0, 0.1) is 5.41 Å². The molecule has 1 fully saturated rings. The van der Waals surface area contributed by atoms with Gasteiger partial charge in [0.2, 0.25) is 8.32 Å². The maximum atomic E-state index is 13.1. The van der Waals surface area contributed by atoms with Crippen LogP contribution in [0.3, 0.4) is 0 Å². The van der Waals surface area contributed by atoms with E-state index in [1.807, 2.05) is 6.92 Å². The van der Waals surface area contributed by atoms with Crippen molar-refractivity contribution in [2.45, 2.75) is 77.6 Å². The smallest absolute Gasteiger partial charge is 0.272 e. The lowest BCUT2D eigenvalue weighted by atomic mass is 10.1. The SMILES string of the molecule is CN/C=C\C(=N)NC(=O)c1cc(Oc2ccc(C(=O)N3CCC3)nc2)cc(O[C@@H](C)CO[Si](C(C)C)(C(C)C)C(C)C)c1. The summed E-state index contributed by atoms with van der Waals surface area (Å²) in [6, 6.07) is 8.21. The van der Waals surface area contributed by atoms with Gasteiger partial charge < -0.3 is 29.4 Å². The van der Waals surface area contributed by atoms with Gasteiger partial charge in [-0.1, -0.05) is 41.5 Å². The molecule has 234 valence electrons. The normalized spacial score (nSPS) is 14.2. The number of aromatic nitrogens is 1. The van der Waals surface area contributed by atoms with E-state index < -0.39 is 14.2 Å². The van der Waals surface area contributed by atoms with E-state index >= 15 is 0 Å². The lowest BCUT2D eigenvalue weighted by Crippen LogP contribution is -2.49. The van der Waals surface area contributed by atoms with Crippen LogP contribution in [-0.2, 0) is 4.43 Å². The molecule has 0 radical (unpaired) electrons. The molecule has 43 heavy (non-hydrogen) atoms. The number of nitrogens with zero attached hydrogens (tertiary/aromatic N) is 2. The van der Waals surface area contributed by atoms with Crippen LogP contribution < -0.4 is 20.1 Å². The highest BCUT2D eigenvalue weighted by Crippen LogP contribution is 2.42. The lowest BCUT2D eigenvalue weighted by Gasteiger charge is -2.42. The number of pyridine rings is 1. The number of hydrogen-bond donors (Lipinski definition) is 3. The number of ether oxygens (including phenoxy) is 2. The fourth-order valence-corrected chi connectivity index (χ4v) is 11.2. The third kappa shape index (κ3) is 8.67. The minimum Gasteiger partial charge on any atom is -0.488 e. The van der Waals surface area contributed by atoms with Gasteiger partial charge in [-0.3, -0.25) is 15.0 Å². The molecule has 1 aromatic carbocycles. The van der Waals surface area contributed by atoms with Gasteiger partial charge in [-0.05, 0) is 66.5 Å². The zero-order chi connectivity index (χ0) is 31.7. The average Bonchev–Trinajstić information content (AvgIpc) is 2.90. The molecule has 1 atom stereocenters. The van der Waals surface area contributed by atoms with Crippen LogP contribution in [0.4, 0.5) is 0 Å². The van der Waals surface area contributed by atoms with Crippen LogP contribution in [0.15, 0.2) is 48.8 Å². The minimum atomic E-state index is -2.08. The van der Waals surface area contributed by atoms with Gasteiger partial charge in [0.15, 0.2) is 0 Å². The van der Waals surface area contributed by atoms with E-state index in [-0.39, 0.29) is 23.4 Å². The third-order valence-corrected chi connectivity index (χ3v) is 13.8. The summed E-state index contributed by atoms with van der Waals surface area (Å²) in [6.45, 7) is 17.3. The molecule has 0 bridgehead atoms. The summed E-state index contributed by atoms with van der Waals surface area (Å²) < 4.78 is 19.1. The summed E-state index contributed by atoms with van der Waals surface area (Å²) in [5.41, 5.74) is 1.95. The van der Waals surface area contributed by atoms with Crippen molar-refractivity contribution < 1.29 is 23.5 Å². The van der Waals surface area contributed by atoms with Crippen LogP contribution in [0.5, 0.6) is 17.2 Å². The molecule has 3 N–H and O–H groups in total. The van der Waals surface area contributed by atoms with Gasteiger partial charge in [0.1, 0.15) is 34.9 Å². The number of likely N-dealkylation sites (tertiary alicyclic amines) is 1. The van der Waals surface area contributed by atoms with Crippen molar-refractivity contribution >= 4 is 26.0 Å². The van der Waals surface area contributed by atoms with E-state index in [2.05, 4.69) is 57.2 Å². The van der Waals surface area contributed by atoms with E-state index in [1.165, 1.54) is 12.3 Å². The Morgan fingerprint density at radius 3 is 2.19 bits per heavy atom. The van der Waals surface area contributed by atoms with E-state index in [0.29, 0.717) is 46.2 Å². The van der Waals surface area contributed by atoms with Gasteiger partial charge in [-0.2, -0.15) is 0 Å². The van der Waals surface area contributed by atoms with Crippen molar-refractivity contribution in [3.63, 3.8) is 0 Å². The van der Waals surface area contributed by atoms with Gasteiger partial charge in [-0.15, -0.1) is 0 Å². The fourth-order valence-electron chi connectivity index (χ4n) is 5.65. The Morgan fingerprint density at radius 1 is 1.00 bits per heavy atom. The summed E-state index contributed by atoms with van der Waals surface area (Å²) >= 11 is 0. The molecule has 1 aliphatic heterocycles. The lowest BCUT2D eigenvalue weighted by molar-refractivity contribution is 0.0645. The predicted octanol–water partition coefficient (Wildman–Crippen LogP) is 6.12. The van der Waals surface area contributed by atoms with Gasteiger partial charge >= 0.3 is 0 Å². The number of carbonyl (C=O) groups excluding carboxylic acids is 2. The van der Waals surface area contributed by atoms with Gasteiger partial charge in [0, 0.05) is 31.8 Å². The summed E-state index contributed by atoms with van der Waals surface area (Å²) in [7, 11) is -0.377. The molecule has 1 saturated heterocycles. The zero-order valence-electron chi connectivity index (χ0n) is 26.7. The number of benzene rings is 1. The Balaban J connectivity index is 1.82.